The van der Waals surface area contributed by atoms with E-state index in [-0.39, 0.29) is 18.5 Å². The average molecular weight is 381 g/mol. The molecule has 136 valence electrons. The zero-order chi connectivity index (χ0) is 18.6. The quantitative estimate of drug-likeness (QED) is 0.803. The van der Waals surface area contributed by atoms with Gasteiger partial charge >= 0.3 is 0 Å². The molecule has 1 atom stereocenters. The summed E-state index contributed by atoms with van der Waals surface area (Å²) in [6.45, 7) is 4.06. The van der Waals surface area contributed by atoms with Gasteiger partial charge < -0.3 is 5.32 Å². The molecule has 2 aromatic rings. The van der Waals surface area contributed by atoms with Gasteiger partial charge in [0, 0.05) is 11.9 Å². The maximum absolute atomic E-state index is 12.3. The minimum absolute atomic E-state index is 0.204. The fraction of sp³-hybridized carbons (Fsp3) is 0.389. The maximum atomic E-state index is 12.3. The number of sulfonamides is 1. The Labute approximate surface area is 153 Å². The Morgan fingerprint density at radius 3 is 2.24 bits per heavy atom. The number of benzene rings is 1. The van der Waals surface area contributed by atoms with Gasteiger partial charge in [0.15, 0.2) is 0 Å². The Kier molecular flexibility index (Phi) is 6.37. The highest BCUT2D eigenvalue weighted by molar-refractivity contribution is 7.88. The molecule has 1 aromatic heterocycles. The molecule has 1 N–H and O–H groups in total. The van der Waals surface area contributed by atoms with Crippen molar-refractivity contribution in [1.29, 1.82) is 0 Å². The van der Waals surface area contributed by atoms with E-state index in [9.17, 15) is 13.2 Å². The van der Waals surface area contributed by atoms with Crippen molar-refractivity contribution in [3.8, 4) is 0 Å². The Hall–Kier alpha value is -1.70. The molecule has 0 aliphatic carbocycles. The molecular weight excluding hydrogens is 356 g/mol. The molecule has 0 radical (unpaired) electrons. The molecular formula is C18H24N2O3S2. The predicted molar refractivity (Wildman–Crippen MR) is 102 cm³/mol. The topological polar surface area (TPSA) is 66.5 Å². The van der Waals surface area contributed by atoms with Crippen LogP contribution in [0, 0.1) is 0 Å². The van der Waals surface area contributed by atoms with E-state index in [1.807, 2.05) is 29.6 Å². The number of amides is 1. The highest BCUT2D eigenvalue weighted by Crippen LogP contribution is 2.27. The van der Waals surface area contributed by atoms with Crippen LogP contribution in [0.1, 0.15) is 41.8 Å². The molecule has 25 heavy (non-hydrogen) atoms. The van der Waals surface area contributed by atoms with Crippen molar-refractivity contribution in [3.63, 3.8) is 0 Å². The fourth-order valence-corrected chi connectivity index (χ4v) is 3.53. The van der Waals surface area contributed by atoms with E-state index in [0.717, 1.165) is 21.0 Å². The van der Waals surface area contributed by atoms with Crippen molar-refractivity contribution < 1.29 is 13.2 Å². The van der Waals surface area contributed by atoms with E-state index >= 15 is 0 Å². The number of nitrogens with one attached hydrogen (secondary N) is 1. The fourth-order valence-electron chi connectivity index (χ4n) is 2.37. The van der Waals surface area contributed by atoms with Gasteiger partial charge in [-0.1, -0.05) is 44.2 Å². The highest BCUT2D eigenvalue weighted by atomic mass is 32.2. The number of carbonyl (C=O) groups excluding carboxylic acids is 1. The molecule has 0 aliphatic heterocycles. The van der Waals surface area contributed by atoms with E-state index in [0.29, 0.717) is 5.92 Å². The van der Waals surface area contributed by atoms with Crippen molar-refractivity contribution in [2.75, 3.05) is 19.8 Å². The molecule has 0 saturated carbocycles. The SMILES string of the molecule is CC(C)c1ccc(C(NC(=O)CN(C)S(C)(=O)=O)c2cccs2)cc1. The molecule has 7 heteroatoms. The van der Waals surface area contributed by atoms with Gasteiger partial charge in [-0.25, -0.2) is 8.42 Å². The molecule has 1 heterocycles. The molecule has 0 bridgehead atoms. The van der Waals surface area contributed by atoms with E-state index in [1.165, 1.54) is 12.6 Å². The van der Waals surface area contributed by atoms with E-state index < -0.39 is 10.0 Å². The summed E-state index contributed by atoms with van der Waals surface area (Å²) in [4.78, 5) is 13.3. The second-order valence-corrected chi connectivity index (χ2v) is 9.43. The van der Waals surface area contributed by atoms with Crippen molar-refractivity contribution >= 4 is 27.3 Å². The van der Waals surface area contributed by atoms with E-state index in [1.54, 1.807) is 11.3 Å². The molecule has 2 rings (SSSR count). The third kappa shape index (κ3) is 5.39. The van der Waals surface area contributed by atoms with Crippen LogP contribution in [0.25, 0.3) is 0 Å². The van der Waals surface area contributed by atoms with E-state index in [2.05, 4.69) is 31.3 Å². The largest absolute Gasteiger partial charge is 0.343 e. The molecule has 1 unspecified atom stereocenters. The van der Waals surface area contributed by atoms with Crippen LogP contribution < -0.4 is 5.32 Å². The normalized spacial score (nSPS) is 13.2. The summed E-state index contributed by atoms with van der Waals surface area (Å²) in [6, 6.07) is 11.8. The van der Waals surface area contributed by atoms with Crippen molar-refractivity contribution in [3.05, 3.63) is 57.8 Å². The molecule has 0 spiro atoms. The Bertz CT molecular complexity index is 797. The third-order valence-electron chi connectivity index (χ3n) is 4.00. The summed E-state index contributed by atoms with van der Waals surface area (Å²) in [5.41, 5.74) is 2.21. The van der Waals surface area contributed by atoms with Gasteiger partial charge in [0.05, 0.1) is 18.8 Å². The zero-order valence-electron chi connectivity index (χ0n) is 14.9. The van der Waals surface area contributed by atoms with Crippen LogP contribution in [0.2, 0.25) is 0 Å². The van der Waals surface area contributed by atoms with Gasteiger partial charge in [-0.2, -0.15) is 4.31 Å². The summed E-state index contributed by atoms with van der Waals surface area (Å²) in [5, 5.41) is 4.91. The first-order valence-corrected chi connectivity index (χ1v) is 10.7. The van der Waals surface area contributed by atoms with Crippen LogP contribution >= 0.6 is 11.3 Å². The number of likely N-dealkylation sites (N-methyl/N-ethyl adjacent to an activating group) is 1. The lowest BCUT2D eigenvalue weighted by atomic mass is 9.98. The lowest BCUT2D eigenvalue weighted by Crippen LogP contribution is -2.39. The minimum Gasteiger partial charge on any atom is -0.343 e. The first kappa shape index (κ1) is 19.6. The monoisotopic (exact) mass is 380 g/mol. The lowest BCUT2D eigenvalue weighted by Gasteiger charge is -2.21. The third-order valence-corrected chi connectivity index (χ3v) is 6.20. The van der Waals surface area contributed by atoms with Gasteiger partial charge in [0.25, 0.3) is 0 Å². The lowest BCUT2D eigenvalue weighted by molar-refractivity contribution is -0.121. The average Bonchev–Trinajstić information content (AvgIpc) is 3.06. The van der Waals surface area contributed by atoms with Crippen LogP contribution in [-0.2, 0) is 14.8 Å². The van der Waals surface area contributed by atoms with Gasteiger partial charge in [-0.15, -0.1) is 11.3 Å². The Morgan fingerprint density at radius 2 is 1.76 bits per heavy atom. The minimum atomic E-state index is -3.39. The van der Waals surface area contributed by atoms with Crippen LogP contribution in [0.4, 0.5) is 0 Å². The summed E-state index contributed by atoms with van der Waals surface area (Å²) in [5.74, 6) is 0.103. The number of carbonyl (C=O) groups is 1. The first-order chi connectivity index (χ1) is 11.7. The number of hydrogen-bond acceptors (Lipinski definition) is 4. The standard InChI is InChI=1S/C18H24N2O3S2/c1-13(2)14-7-9-15(10-8-14)18(16-6-5-11-24-16)19-17(21)12-20(3)25(4,22)23/h5-11,13,18H,12H2,1-4H3,(H,19,21). The van der Waals surface area contributed by atoms with Crippen molar-refractivity contribution in [2.24, 2.45) is 0 Å². The van der Waals surface area contributed by atoms with E-state index in [4.69, 9.17) is 0 Å². The Morgan fingerprint density at radius 1 is 1.16 bits per heavy atom. The summed E-state index contributed by atoms with van der Waals surface area (Å²) in [6.07, 6.45) is 1.08. The number of hydrogen-bond donors (Lipinski definition) is 1. The smallest absolute Gasteiger partial charge is 0.236 e. The number of nitrogens with zero attached hydrogens (tertiary/aromatic N) is 1. The van der Waals surface area contributed by atoms with Gasteiger partial charge in [-0.3, -0.25) is 4.79 Å². The predicted octanol–water partition coefficient (Wildman–Crippen LogP) is 2.97. The number of thiophene rings is 1. The van der Waals surface area contributed by atoms with Gasteiger partial charge in [0.1, 0.15) is 0 Å². The molecule has 0 aliphatic rings. The number of rotatable bonds is 7. The Balaban J connectivity index is 2.21. The van der Waals surface area contributed by atoms with Crippen LogP contribution in [0.3, 0.4) is 0 Å². The zero-order valence-corrected chi connectivity index (χ0v) is 16.5. The van der Waals surface area contributed by atoms with Crippen molar-refractivity contribution in [2.45, 2.75) is 25.8 Å². The molecule has 0 saturated heterocycles. The van der Waals surface area contributed by atoms with Crippen LogP contribution in [0.15, 0.2) is 41.8 Å². The second-order valence-electron chi connectivity index (χ2n) is 6.36. The highest BCUT2D eigenvalue weighted by Gasteiger charge is 2.21. The maximum Gasteiger partial charge on any atom is 0.236 e. The van der Waals surface area contributed by atoms with Gasteiger partial charge in [-0.05, 0) is 28.5 Å². The summed E-state index contributed by atoms with van der Waals surface area (Å²) < 4.78 is 24.0. The second kappa shape index (κ2) is 8.12. The van der Waals surface area contributed by atoms with Crippen molar-refractivity contribution in [1.82, 2.24) is 9.62 Å². The first-order valence-electron chi connectivity index (χ1n) is 8.02. The summed E-state index contributed by atoms with van der Waals surface area (Å²) in [7, 11) is -2.00. The molecule has 1 aromatic carbocycles. The van der Waals surface area contributed by atoms with Crippen LogP contribution in [-0.4, -0.2) is 38.5 Å². The molecule has 5 nitrogen and oxygen atoms in total. The van der Waals surface area contributed by atoms with Crippen LogP contribution in [0.5, 0.6) is 0 Å². The van der Waals surface area contributed by atoms with Gasteiger partial charge in [0.2, 0.25) is 15.9 Å². The molecule has 1 amide bonds. The molecule has 0 fully saturated rings. The summed E-state index contributed by atoms with van der Waals surface area (Å²) >= 11 is 1.56.